The van der Waals surface area contributed by atoms with Gasteiger partial charge in [-0.25, -0.2) is 19.9 Å². The van der Waals surface area contributed by atoms with Crippen molar-refractivity contribution in [1.29, 1.82) is 0 Å². The number of hydrogen-bond donors (Lipinski definition) is 0. The molecule has 2 aliphatic rings. The van der Waals surface area contributed by atoms with E-state index >= 15 is 0 Å². The average molecular weight is 845 g/mol. The van der Waals surface area contributed by atoms with E-state index in [0.717, 1.165) is 62.5 Å². The summed E-state index contributed by atoms with van der Waals surface area (Å²) in [5.41, 5.74) is 17.8. The molecule has 4 aromatic heterocycles. The average Bonchev–Trinajstić information content (AvgIpc) is 3.87. The number of benzene rings is 8. The summed E-state index contributed by atoms with van der Waals surface area (Å²) < 4.78 is 4.63. The molecule has 12 aromatic rings. The van der Waals surface area contributed by atoms with Crippen LogP contribution in [0.2, 0.25) is 0 Å². The minimum atomic E-state index is 0.0170. The summed E-state index contributed by atoms with van der Waals surface area (Å²) in [4.78, 5) is 20.8. The van der Waals surface area contributed by atoms with Crippen LogP contribution in [0.25, 0.3) is 105 Å². The van der Waals surface area contributed by atoms with Crippen LogP contribution in [-0.4, -0.2) is 35.8 Å². The van der Waals surface area contributed by atoms with E-state index in [-0.39, 0.29) is 6.71 Å². The molecule has 0 amide bonds. The zero-order valence-corrected chi connectivity index (χ0v) is 36.8. The first-order valence-electron chi connectivity index (χ1n) is 23.0. The van der Waals surface area contributed by atoms with Crippen molar-refractivity contribution < 1.29 is 0 Å². The highest BCUT2D eigenvalue weighted by atomic mass is 15.0. The van der Waals surface area contributed by atoms with Gasteiger partial charge in [0, 0.05) is 38.5 Å². The Morgan fingerprint density at radius 2 is 0.970 bits per heavy atom. The van der Waals surface area contributed by atoms with Gasteiger partial charge in [0.05, 0.1) is 52.7 Å². The number of nitrogens with zero attached hydrogens (tertiary/aromatic N) is 6. The smallest absolute Gasteiger partial charge is 0.243 e. The zero-order chi connectivity index (χ0) is 43.8. The summed E-state index contributed by atoms with van der Waals surface area (Å²) in [6.45, 7) is 6.76. The van der Waals surface area contributed by atoms with Gasteiger partial charge in [-0.3, -0.25) is 0 Å². The molecule has 6 nitrogen and oxygen atoms in total. The van der Waals surface area contributed by atoms with Crippen LogP contribution in [0.4, 0.5) is 0 Å². The number of para-hydroxylation sites is 3. The van der Waals surface area contributed by atoms with Gasteiger partial charge in [-0.1, -0.05) is 148 Å². The fourth-order valence-electron chi connectivity index (χ4n) is 12.0. The molecular weight excluding hydrogens is 804 g/mol. The van der Waals surface area contributed by atoms with Crippen LogP contribution in [-0.2, 0) is 6.42 Å². The van der Waals surface area contributed by atoms with E-state index in [1.807, 2.05) is 24.8 Å². The number of fused-ring (bicyclic) bond motifs is 6. The Hall–Kier alpha value is -8.16. The van der Waals surface area contributed by atoms with Crippen molar-refractivity contribution in [2.75, 3.05) is 0 Å². The summed E-state index contributed by atoms with van der Waals surface area (Å²) in [6.07, 6.45) is 14.5. The van der Waals surface area contributed by atoms with Gasteiger partial charge in [-0.2, -0.15) is 0 Å². The Bertz CT molecular complexity index is 4010. The van der Waals surface area contributed by atoms with Gasteiger partial charge in [0.15, 0.2) is 11.6 Å². The minimum Gasteiger partial charge on any atom is -0.310 e. The van der Waals surface area contributed by atoms with Crippen LogP contribution >= 0.6 is 0 Å². The normalized spacial score (nSPS) is 13.2. The molecule has 5 heterocycles. The second-order valence-electron chi connectivity index (χ2n) is 18.3. The maximum Gasteiger partial charge on any atom is 0.243 e. The molecule has 0 unspecified atom stereocenters. The highest BCUT2D eigenvalue weighted by Gasteiger charge is 2.34. The molecule has 0 N–H and O–H groups in total. The molecule has 0 saturated carbocycles. The van der Waals surface area contributed by atoms with Crippen molar-refractivity contribution in [3.8, 4) is 34.2 Å². The number of aryl methyl sites for hydroxylation is 3. The van der Waals surface area contributed by atoms with Crippen molar-refractivity contribution in [2.24, 2.45) is 0 Å². The van der Waals surface area contributed by atoms with Gasteiger partial charge < -0.3 is 9.13 Å². The maximum atomic E-state index is 5.22. The van der Waals surface area contributed by atoms with Gasteiger partial charge in [0.25, 0.3) is 0 Å². The zero-order valence-electron chi connectivity index (χ0n) is 36.8. The third kappa shape index (κ3) is 5.19. The van der Waals surface area contributed by atoms with Crippen LogP contribution in [0, 0.1) is 20.8 Å². The standard InChI is InChI=1S/C59H41BN6/c1-34-26-35(2)57(36(3)27-34)60-48-20-12-18-44-46(58-61-30-38(31-62-58)65-50-22-8-4-14-40(50)41-15-5-9-23-51(41)65)28-37-29-47(45-19-13-21-49(60)56(45)54(37)55(44)48)59-63-32-39(33-64-59)66-52-24-10-6-16-42(52)43-17-7-11-25-53(43)66/h4-10,12-24,26-33H,11,25H2,1-3H3. The first-order chi connectivity index (χ1) is 32.5. The predicted molar refractivity (Wildman–Crippen MR) is 275 cm³/mol. The van der Waals surface area contributed by atoms with E-state index in [2.05, 4.69) is 176 Å². The van der Waals surface area contributed by atoms with Crippen LogP contribution in [0.1, 0.15) is 34.4 Å². The molecule has 310 valence electrons. The lowest BCUT2D eigenvalue weighted by Crippen LogP contribution is -2.55. The Kier molecular flexibility index (Phi) is 7.86. The molecule has 0 fully saturated rings. The van der Waals surface area contributed by atoms with Gasteiger partial charge in [0.2, 0.25) is 6.71 Å². The highest BCUT2D eigenvalue weighted by molar-refractivity contribution is 7.00. The van der Waals surface area contributed by atoms with Gasteiger partial charge in [0.1, 0.15) is 0 Å². The largest absolute Gasteiger partial charge is 0.310 e. The molecule has 8 aromatic carbocycles. The van der Waals surface area contributed by atoms with E-state index in [9.17, 15) is 0 Å². The minimum absolute atomic E-state index is 0.0170. The van der Waals surface area contributed by atoms with Crippen molar-refractivity contribution in [2.45, 2.75) is 33.6 Å². The highest BCUT2D eigenvalue weighted by Crippen LogP contribution is 2.43. The number of aromatic nitrogens is 6. The van der Waals surface area contributed by atoms with Crippen molar-refractivity contribution in [3.05, 3.63) is 192 Å². The Morgan fingerprint density at radius 3 is 1.53 bits per heavy atom. The molecule has 0 spiro atoms. The number of hydrogen-bond acceptors (Lipinski definition) is 4. The summed E-state index contributed by atoms with van der Waals surface area (Å²) in [5.74, 6) is 1.39. The van der Waals surface area contributed by atoms with Gasteiger partial charge in [-0.05, 0) is 96.3 Å². The number of rotatable bonds is 5. The lowest BCUT2D eigenvalue weighted by atomic mass is 9.33. The Balaban J connectivity index is 1.01. The lowest BCUT2D eigenvalue weighted by molar-refractivity contribution is 0.881. The fraction of sp³-hybridized carbons (Fsp3) is 0.0847. The van der Waals surface area contributed by atoms with Gasteiger partial charge in [-0.15, -0.1) is 0 Å². The van der Waals surface area contributed by atoms with E-state index < -0.39 is 0 Å². The predicted octanol–water partition coefficient (Wildman–Crippen LogP) is 11.8. The third-order valence-electron chi connectivity index (χ3n) is 14.5. The molecule has 7 heteroatoms. The Labute approximate surface area is 381 Å². The fourth-order valence-corrected chi connectivity index (χ4v) is 12.0. The quantitative estimate of drug-likeness (QED) is 0.128. The number of allylic oxidation sites excluding steroid dienone is 1. The maximum absolute atomic E-state index is 5.22. The SMILES string of the molecule is Cc1cc(C)c(B2c3cccc4c(-c5ncc(-n6c7c(c8ccccc86)C=CCC7)cn5)cc5cc(-c6ncc(-n7c8ccccc8c8ccccc87)cn6)c6cccc2c6c5c34)c(C)c1. The monoisotopic (exact) mass is 844 g/mol. The van der Waals surface area contributed by atoms with E-state index in [4.69, 9.17) is 19.9 Å². The first kappa shape index (κ1) is 37.2. The molecule has 0 radical (unpaired) electrons. The molecule has 0 bridgehead atoms. The van der Waals surface area contributed by atoms with Crippen LogP contribution in [0.15, 0.2) is 164 Å². The van der Waals surface area contributed by atoms with Crippen molar-refractivity contribution in [1.82, 2.24) is 29.1 Å². The molecule has 0 atom stereocenters. The topological polar surface area (TPSA) is 61.4 Å². The van der Waals surface area contributed by atoms with Gasteiger partial charge >= 0.3 is 0 Å². The summed E-state index contributed by atoms with van der Waals surface area (Å²) in [7, 11) is 0. The summed E-state index contributed by atoms with van der Waals surface area (Å²) in [5, 5.41) is 10.9. The second-order valence-corrected chi connectivity index (χ2v) is 18.3. The van der Waals surface area contributed by atoms with E-state index in [1.165, 1.54) is 82.2 Å². The van der Waals surface area contributed by atoms with E-state index in [1.54, 1.807) is 0 Å². The van der Waals surface area contributed by atoms with Crippen LogP contribution < -0.4 is 16.4 Å². The summed E-state index contributed by atoms with van der Waals surface area (Å²) >= 11 is 0. The Morgan fingerprint density at radius 1 is 0.485 bits per heavy atom. The third-order valence-corrected chi connectivity index (χ3v) is 14.5. The molecule has 0 saturated heterocycles. The molecule has 1 aliphatic heterocycles. The van der Waals surface area contributed by atoms with E-state index in [0.29, 0.717) is 11.6 Å². The summed E-state index contributed by atoms with van der Waals surface area (Å²) in [6, 6.07) is 48.8. The molecule has 66 heavy (non-hydrogen) atoms. The second kappa shape index (κ2) is 13.9. The van der Waals surface area contributed by atoms with Crippen molar-refractivity contribution in [3.63, 3.8) is 0 Å². The van der Waals surface area contributed by atoms with Crippen molar-refractivity contribution >= 4 is 94.2 Å². The first-order valence-corrected chi connectivity index (χ1v) is 23.0. The lowest BCUT2D eigenvalue weighted by Gasteiger charge is -2.29. The molecule has 14 rings (SSSR count). The molecular formula is C59H41BN6. The molecule has 1 aliphatic carbocycles. The van der Waals surface area contributed by atoms with Crippen LogP contribution in [0.3, 0.4) is 0 Å². The van der Waals surface area contributed by atoms with Crippen LogP contribution in [0.5, 0.6) is 0 Å².